The average Bonchev–Trinajstić information content (AvgIpc) is 2.80. The summed E-state index contributed by atoms with van der Waals surface area (Å²) < 4.78 is 18.4. The monoisotopic (exact) mass is 418 g/mol. The molecule has 9 nitrogen and oxygen atoms in total. The summed E-state index contributed by atoms with van der Waals surface area (Å²) in [6, 6.07) is 15.1. The number of methoxy groups -OCH3 is 1. The number of anilines is 5. The second-order valence-electron chi connectivity index (χ2n) is 6.35. The molecule has 0 atom stereocenters. The maximum atomic E-state index is 13.2. The summed E-state index contributed by atoms with van der Waals surface area (Å²) in [6.07, 6.45) is 3.14. The molecule has 2 aromatic heterocycles. The van der Waals surface area contributed by atoms with Crippen LogP contribution >= 0.6 is 0 Å². The molecule has 0 aliphatic rings. The van der Waals surface area contributed by atoms with Gasteiger partial charge in [0.25, 0.3) is 0 Å². The van der Waals surface area contributed by atoms with Gasteiger partial charge < -0.3 is 20.7 Å². The highest BCUT2D eigenvalue weighted by Crippen LogP contribution is 2.21. The van der Waals surface area contributed by atoms with Gasteiger partial charge in [-0.1, -0.05) is 0 Å². The summed E-state index contributed by atoms with van der Waals surface area (Å²) in [5, 5.41) is 9.33. The Kier molecular flexibility index (Phi) is 6.08. The van der Waals surface area contributed by atoms with Crippen LogP contribution in [0.2, 0.25) is 0 Å². The second kappa shape index (κ2) is 9.44. The summed E-state index contributed by atoms with van der Waals surface area (Å²) in [4.78, 5) is 21.3. The van der Waals surface area contributed by atoms with Gasteiger partial charge in [0.1, 0.15) is 17.9 Å². The maximum Gasteiger partial charge on any atom is 0.233 e. The minimum absolute atomic E-state index is 0.294. The Morgan fingerprint density at radius 3 is 2.00 bits per heavy atom. The van der Waals surface area contributed by atoms with E-state index in [0.29, 0.717) is 30.1 Å². The maximum absolute atomic E-state index is 13.2. The van der Waals surface area contributed by atoms with Gasteiger partial charge in [-0.15, -0.1) is 0 Å². The summed E-state index contributed by atoms with van der Waals surface area (Å²) in [5.74, 6) is 1.38. The second-order valence-corrected chi connectivity index (χ2v) is 6.35. The molecule has 0 saturated heterocycles. The molecular weight excluding hydrogens is 399 g/mol. The molecule has 2 aromatic carbocycles. The van der Waals surface area contributed by atoms with E-state index < -0.39 is 0 Å². The molecule has 10 heteroatoms. The highest BCUT2D eigenvalue weighted by molar-refractivity contribution is 5.59. The zero-order chi connectivity index (χ0) is 21.5. The quantitative estimate of drug-likeness (QED) is 0.392. The van der Waals surface area contributed by atoms with E-state index in [2.05, 4.69) is 40.9 Å². The number of aromatic nitrogens is 5. The number of nitrogens with zero attached hydrogens (tertiary/aromatic N) is 5. The lowest BCUT2D eigenvalue weighted by Gasteiger charge is -2.11. The topological polar surface area (TPSA) is 110 Å². The molecule has 3 N–H and O–H groups in total. The number of hydrogen-bond acceptors (Lipinski definition) is 9. The van der Waals surface area contributed by atoms with E-state index in [1.54, 1.807) is 31.5 Å². The predicted octanol–water partition coefficient (Wildman–Crippen LogP) is 3.91. The fourth-order valence-corrected chi connectivity index (χ4v) is 2.62. The molecular formula is C21H19FN8O. The van der Waals surface area contributed by atoms with Crippen LogP contribution in [0.5, 0.6) is 5.75 Å². The van der Waals surface area contributed by atoms with Crippen molar-refractivity contribution in [3.8, 4) is 5.75 Å². The molecule has 4 aromatic rings. The van der Waals surface area contributed by atoms with Gasteiger partial charge in [-0.05, 0) is 54.6 Å². The molecule has 0 bridgehead atoms. The lowest BCUT2D eigenvalue weighted by atomic mass is 10.3. The predicted molar refractivity (Wildman–Crippen MR) is 115 cm³/mol. The molecule has 0 aliphatic carbocycles. The van der Waals surface area contributed by atoms with Gasteiger partial charge in [0.05, 0.1) is 19.3 Å². The molecule has 0 fully saturated rings. The van der Waals surface area contributed by atoms with Crippen LogP contribution in [-0.2, 0) is 6.54 Å². The van der Waals surface area contributed by atoms with E-state index >= 15 is 0 Å². The molecule has 4 rings (SSSR count). The van der Waals surface area contributed by atoms with Crippen LogP contribution in [0, 0.1) is 5.82 Å². The van der Waals surface area contributed by atoms with Crippen LogP contribution in [0.15, 0.2) is 67.1 Å². The van der Waals surface area contributed by atoms with E-state index in [9.17, 15) is 4.39 Å². The third-order valence-corrected chi connectivity index (χ3v) is 4.15. The molecule has 0 amide bonds. The Hall–Kier alpha value is -4.34. The van der Waals surface area contributed by atoms with Gasteiger partial charge in [-0.2, -0.15) is 15.0 Å². The number of nitrogens with one attached hydrogen (secondary N) is 3. The number of halogens is 1. The molecule has 0 radical (unpaired) electrons. The van der Waals surface area contributed by atoms with E-state index in [1.807, 2.05) is 24.3 Å². The molecule has 31 heavy (non-hydrogen) atoms. The largest absolute Gasteiger partial charge is 0.497 e. The van der Waals surface area contributed by atoms with Crippen molar-refractivity contribution < 1.29 is 9.13 Å². The van der Waals surface area contributed by atoms with Crippen LogP contribution in [0.25, 0.3) is 0 Å². The van der Waals surface area contributed by atoms with Crippen LogP contribution in [0.3, 0.4) is 0 Å². The first-order chi connectivity index (χ1) is 15.2. The molecule has 156 valence electrons. The molecule has 2 heterocycles. The van der Waals surface area contributed by atoms with Gasteiger partial charge in [0, 0.05) is 17.6 Å². The first-order valence-electron chi connectivity index (χ1n) is 9.36. The van der Waals surface area contributed by atoms with Crippen LogP contribution in [0.4, 0.5) is 33.6 Å². The average molecular weight is 418 g/mol. The summed E-state index contributed by atoms with van der Waals surface area (Å²) in [6.45, 7) is 0.407. The molecule has 0 unspecified atom stereocenters. The Morgan fingerprint density at radius 1 is 0.806 bits per heavy atom. The van der Waals surface area contributed by atoms with Crippen molar-refractivity contribution in [2.45, 2.75) is 6.54 Å². The number of ether oxygens (including phenoxy) is 1. The van der Waals surface area contributed by atoms with E-state index in [4.69, 9.17) is 4.74 Å². The third-order valence-electron chi connectivity index (χ3n) is 4.15. The molecule has 0 spiro atoms. The molecule has 0 saturated carbocycles. The standard InChI is InChI=1S/C21H19FN8O/c1-31-18-8-6-16(7-9-18)27-21-29-19(24-12-17-10-11-23-13-25-17)28-20(30-21)26-15-4-2-14(22)3-5-15/h2-11,13H,12H2,1H3,(H3,24,26,27,28,29,30). The van der Waals surface area contributed by atoms with E-state index in [0.717, 1.165) is 17.1 Å². The van der Waals surface area contributed by atoms with Crippen LogP contribution in [-0.4, -0.2) is 32.0 Å². The Labute approximate surface area is 177 Å². The SMILES string of the molecule is COc1ccc(Nc2nc(NCc3ccncn3)nc(Nc3ccc(F)cc3)n2)cc1. The number of benzene rings is 2. The van der Waals surface area contributed by atoms with Gasteiger partial charge in [-0.3, -0.25) is 0 Å². The molecule has 0 aliphatic heterocycles. The van der Waals surface area contributed by atoms with Crippen molar-refractivity contribution in [2.75, 3.05) is 23.1 Å². The van der Waals surface area contributed by atoms with Crippen molar-refractivity contribution in [3.05, 3.63) is 78.6 Å². The minimum Gasteiger partial charge on any atom is -0.497 e. The van der Waals surface area contributed by atoms with E-state index in [1.165, 1.54) is 18.5 Å². The fourth-order valence-electron chi connectivity index (χ4n) is 2.62. The third kappa shape index (κ3) is 5.60. The fraction of sp³-hybridized carbons (Fsp3) is 0.0952. The first-order valence-corrected chi connectivity index (χ1v) is 9.36. The highest BCUT2D eigenvalue weighted by atomic mass is 19.1. The smallest absolute Gasteiger partial charge is 0.233 e. The van der Waals surface area contributed by atoms with Crippen molar-refractivity contribution in [2.24, 2.45) is 0 Å². The van der Waals surface area contributed by atoms with Gasteiger partial charge in [0.2, 0.25) is 17.8 Å². The summed E-state index contributed by atoms with van der Waals surface area (Å²) >= 11 is 0. The van der Waals surface area contributed by atoms with Crippen molar-refractivity contribution in [3.63, 3.8) is 0 Å². The van der Waals surface area contributed by atoms with Crippen LogP contribution in [0.1, 0.15) is 5.69 Å². The van der Waals surface area contributed by atoms with Gasteiger partial charge in [-0.25, -0.2) is 14.4 Å². The van der Waals surface area contributed by atoms with E-state index in [-0.39, 0.29) is 5.82 Å². The Bertz CT molecular complexity index is 1120. The van der Waals surface area contributed by atoms with Gasteiger partial charge >= 0.3 is 0 Å². The lowest BCUT2D eigenvalue weighted by molar-refractivity contribution is 0.415. The van der Waals surface area contributed by atoms with Crippen LogP contribution < -0.4 is 20.7 Å². The highest BCUT2D eigenvalue weighted by Gasteiger charge is 2.09. The lowest BCUT2D eigenvalue weighted by Crippen LogP contribution is -2.10. The zero-order valence-corrected chi connectivity index (χ0v) is 16.6. The van der Waals surface area contributed by atoms with Crippen molar-refractivity contribution in [1.82, 2.24) is 24.9 Å². The Morgan fingerprint density at radius 2 is 1.42 bits per heavy atom. The van der Waals surface area contributed by atoms with Crippen molar-refractivity contribution in [1.29, 1.82) is 0 Å². The number of rotatable bonds is 8. The zero-order valence-electron chi connectivity index (χ0n) is 16.6. The summed E-state index contributed by atoms with van der Waals surface area (Å²) in [7, 11) is 1.61. The summed E-state index contributed by atoms with van der Waals surface area (Å²) in [5.41, 5.74) is 2.21. The first kappa shape index (κ1) is 20.0. The number of hydrogen-bond donors (Lipinski definition) is 3. The normalized spacial score (nSPS) is 10.4. The Balaban J connectivity index is 1.57. The minimum atomic E-state index is -0.324. The van der Waals surface area contributed by atoms with Gasteiger partial charge in [0.15, 0.2) is 0 Å². The van der Waals surface area contributed by atoms with Crippen molar-refractivity contribution >= 4 is 29.2 Å².